The Morgan fingerprint density at radius 2 is 1.90 bits per heavy atom. The lowest BCUT2D eigenvalue weighted by Gasteiger charge is -2.15. The first-order valence-electron chi connectivity index (χ1n) is 6.38. The lowest BCUT2D eigenvalue weighted by molar-refractivity contribution is -0.122. The number of carbonyl (C=O) groups is 1. The summed E-state index contributed by atoms with van der Waals surface area (Å²) >= 11 is 0. The standard InChI is InChI=1S/C16H17NO3/c1-11-8-9-13(10-15(11)18)17-16(19)12(2)20-14-6-4-3-5-7-14/h3-10,12,18H,1-2H3,(H,17,19)/t12-/m1/s1. The van der Waals surface area contributed by atoms with E-state index in [2.05, 4.69) is 5.32 Å². The fraction of sp³-hybridized carbons (Fsp3) is 0.188. The third-order valence-electron chi connectivity index (χ3n) is 2.90. The molecule has 4 nitrogen and oxygen atoms in total. The maximum Gasteiger partial charge on any atom is 0.265 e. The van der Waals surface area contributed by atoms with Crippen LogP contribution in [0.15, 0.2) is 48.5 Å². The third-order valence-corrected chi connectivity index (χ3v) is 2.90. The van der Waals surface area contributed by atoms with Crippen molar-refractivity contribution in [1.29, 1.82) is 0 Å². The molecular formula is C16H17NO3. The average Bonchev–Trinajstić information content (AvgIpc) is 2.44. The van der Waals surface area contributed by atoms with E-state index in [4.69, 9.17) is 4.74 Å². The summed E-state index contributed by atoms with van der Waals surface area (Å²) in [5.41, 5.74) is 1.30. The van der Waals surface area contributed by atoms with Crippen LogP contribution in [0.5, 0.6) is 11.5 Å². The van der Waals surface area contributed by atoms with Crippen molar-refractivity contribution in [1.82, 2.24) is 0 Å². The van der Waals surface area contributed by atoms with Crippen molar-refractivity contribution < 1.29 is 14.6 Å². The molecule has 0 unspecified atom stereocenters. The molecule has 0 aliphatic carbocycles. The van der Waals surface area contributed by atoms with Gasteiger partial charge in [0.15, 0.2) is 6.10 Å². The molecule has 4 heteroatoms. The Kier molecular flexibility index (Phi) is 4.25. The van der Waals surface area contributed by atoms with Crippen LogP contribution in [-0.4, -0.2) is 17.1 Å². The van der Waals surface area contributed by atoms with E-state index in [1.165, 1.54) is 6.07 Å². The smallest absolute Gasteiger partial charge is 0.265 e. The van der Waals surface area contributed by atoms with Crippen LogP contribution in [0.1, 0.15) is 12.5 Å². The monoisotopic (exact) mass is 271 g/mol. The van der Waals surface area contributed by atoms with Crippen molar-refractivity contribution in [2.75, 3.05) is 5.32 Å². The van der Waals surface area contributed by atoms with Gasteiger partial charge < -0.3 is 15.2 Å². The molecule has 104 valence electrons. The highest BCUT2D eigenvalue weighted by molar-refractivity contribution is 5.94. The zero-order chi connectivity index (χ0) is 14.5. The first-order chi connectivity index (χ1) is 9.56. The van der Waals surface area contributed by atoms with Crippen molar-refractivity contribution in [3.05, 3.63) is 54.1 Å². The minimum Gasteiger partial charge on any atom is -0.508 e. The molecule has 2 rings (SSSR count). The lowest BCUT2D eigenvalue weighted by atomic mass is 10.2. The van der Waals surface area contributed by atoms with Crippen molar-refractivity contribution in [3.63, 3.8) is 0 Å². The number of anilines is 1. The Morgan fingerprint density at radius 1 is 1.20 bits per heavy atom. The van der Waals surface area contributed by atoms with Gasteiger partial charge >= 0.3 is 0 Å². The summed E-state index contributed by atoms with van der Waals surface area (Å²) < 4.78 is 5.53. The zero-order valence-electron chi connectivity index (χ0n) is 11.5. The minimum absolute atomic E-state index is 0.152. The van der Waals surface area contributed by atoms with Crippen LogP contribution in [-0.2, 0) is 4.79 Å². The van der Waals surface area contributed by atoms with Gasteiger partial charge in [-0.05, 0) is 37.6 Å². The highest BCUT2D eigenvalue weighted by Crippen LogP contribution is 2.21. The van der Waals surface area contributed by atoms with E-state index in [0.717, 1.165) is 5.56 Å². The van der Waals surface area contributed by atoms with Crippen molar-refractivity contribution in [2.24, 2.45) is 0 Å². The van der Waals surface area contributed by atoms with E-state index in [1.807, 2.05) is 18.2 Å². The molecule has 0 heterocycles. The summed E-state index contributed by atoms with van der Waals surface area (Å²) in [5, 5.41) is 12.3. The quantitative estimate of drug-likeness (QED) is 0.898. The molecule has 0 saturated carbocycles. The van der Waals surface area contributed by atoms with Gasteiger partial charge in [-0.15, -0.1) is 0 Å². The number of phenols is 1. The molecule has 0 aliphatic rings. The summed E-state index contributed by atoms with van der Waals surface area (Å²) in [7, 11) is 0. The zero-order valence-corrected chi connectivity index (χ0v) is 11.5. The van der Waals surface area contributed by atoms with E-state index in [0.29, 0.717) is 11.4 Å². The molecule has 0 aromatic heterocycles. The molecule has 2 aromatic carbocycles. The van der Waals surface area contributed by atoms with Gasteiger partial charge in [0.1, 0.15) is 11.5 Å². The van der Waals surface area contributed by atoms with Gasteiger partial charge in [0, 0.05) is 11.8 Å². The number of carbonyl (C=O) groups excluding carboxylic acids is 1. The first kappa shape index (κ1) is 13.9. The molecule has 0 radical (unpaired) electrons. The van der Waals surface area contributed by atoms with E-state index in [1.54, 1.807) is 38.1 Å². The second-order valence-electron chi connectivity index (χ2n) is 4.56. The largest absolute Gasteiger partial charge is 0.508 e. The Balaban J connectivity index is 1.99. The molecular weight excluding hydrogens is 254 g/mol. The normalized spacial score (nSPS) is 11.7. The third kappa shape index (κ3) is 3.51. The van der Waals surface area contributed by atoms with Gasteiger partial charge in [0.2, 0.25) is 0 Å². The molecule has 1 atom stereocenters. The summed E-state index contributed by atoms with van der Waals surface area (Å²) in [6.07, 6.45) is -0.624. The van der Waals surface area contributed by atoms with Crippen LogP contribution in [0, 0.1) is 6.92 Å². The number of para-hydroxylation sites is 1. The molecule has 0 saturated heterocycles. The van der Waals surface area contributed by atoms with Crippen molar-refractivity contribution >= 4 is 11.6 Å². The van der Waals surface area contributed by atoms with Crippen LogP contribution >= 0.6 is 0 Å². The molecule has 2 aromatic rings. The van der Waals surface area contributed by atoms with Crippen LogP contribution in [0.25, 0.3) is 0 Å². The second-order valence-corrected chi connectivity index (χ2v) is 4.56. The van der Waals surface area contributed by atoms with E-state index in [-0.39, 0.29) is 11.7 Å². The van der Waals surface area contributed by atoms with Gasteiger partial charge in [-0.2, -0.15) is 0 Å². The predicted octanol–water partition coefficient (Wildman–Crippen LogP) is 3.11. The molecule has 20 heavy (non-hydrogen) atoms. The average molecular weight is 271 g/mol. The minimum atomic E-state index is -0.624. The van der Waals surface area contributed by atoms with Crippen molar-refractivity contribution in [3.8, 4) is 11.5 Å². The fourth-order valence-electron chi connectivity index (χ4n) is 1.69. The SMILES string of the molecule is Cc1ccc(NC(=O)[C@@H](C)Oc2ccccc2)cc1O. The van der Waals surface area contributed by atoms with Crippen LogP contribution in [0.2, 0.25) is 0 Å². The highest BCUT2D eigenvalue weighted by Gasteiger charge is 2.15. The summed E-state index contributed by atoms with van der Waals surface area (Å²) in [4.78, 5) is 12.0. The number of ether oxygens (including phenoxy) is 1. The van der Waals surface area contributed by atoms with Gasteiger partial charge in [-0.3, -0.25) is 4.79 Å². The number of hydrogen-bond donors (Lipinski definition) is 2. The number of aryl methyl sites for hydroxylation is 1. The van der Waals surface area contributed by atoms with E-state index < -0.39 is 6.10 Å². The molecule has 0 spiro atoms. The molecule has 0 fully saturated rings. The molecule has 0 bridgehead atoms. The fourth-order valence-corrected chi connectivity index (χ4v) is 1.69. The number of aromatic hydroxyl groups is 1. The van der Waals surface area contributed by atoms with Gasteiger partial charge in [0.25, 0.3) is 5.91 Å². The Hall–Kier alpha value is -2.49. The number of nitrogens with one attached hydrogen (secondary N) is 1. The summed E-state index contributed by atoms with van der Waals surface area (Å²) in [5.74, 6) is 0.526. The lowest BCUT2D eigenvalue weighted by Crippen LogP contribution is -2.30. The molecule has 2 N–H and O–H groups in total. The van der Waals surface area contributed by atoms with E-state index in [9.17, 15) is 9.90 Å². The number of amides is 1. The van der Waals surface area contributed by atoms with Crippen LogP contribution in [0.4, 0.5) is 5.69 Å². The topological polar surface area (TPSA) is 58.6 Å². The maximum atomic E-state index is 12.0. The molecule has 0 aliphatic heterocycles. The Morgan fingerprint density at radius 3 is 2.55 bits per heavy atom. The number of phenolic OH excluding ortho intramolecular Hbond substituents is 1. The first-order valence-corrected chi connectivity index (χ1v) is 6.38. The summed E-state index contributed by atoms with van der Waals surface area (Å²) in [6, 6.07) is 14.2. The highest BCUT2D eigenvalue weighted by atomic mass is 16.5. The van der Waals surface area contributed by atoms with Gasteiger partial charge in [-0.25, -0.2) is 0 Å². The Labute approximate surface area is 118 Å². The number of hydrogen-bond acceptors (Lipinski definition) is 3. The van der Waals surface area contributed by atoms with Crippen LogP contribution in [0.3, 0.4) is 0 Å². The number of rotatable bonds is 4. The van der Waals surface area contributed by atoms with Gasteiger partial charge in [0.05, 0.1) is 0 Å². The maximum absolute atomic E-state index is 12.0. The second kappa shape index (κ2) is 6.10. The summed E-state index contributed by atoms with van der Waals surface area (Å²) in [6.45, 7) is 3.47. The molecule has 1 amide bonds. The van der Waals surface area contributed by atoms with E-state index >= 15 is 0 Å². The van der Waals surface area contributed by atoms with Gasteiger partial charge in [-0.1, -0.05) is 24.3 Å². The Bertz CT molecular complexity index is 596. The van der Waals surface area contributed by atoms with Crippen LogP contribution < -0.4 is 10.1 Å². The predicted molar refractivity (Wildman–Crippen MR) is 78.0 cm³/mol. The number of benzene rings is 2. The van der Waals surface area contributed by atoms with Crippen molar-refractivity contribution in [2.45, 2.75) is 20.0 Å².